The molecule has 1 saturated carbocycles. The smallest absolute Gasteiger partial charge is 0.0659 e. The highest BCUT2D eigenvalue weighted by Crippen LogP contribution is 2.38. The van der Waals surface area contributed by atoms with Crippen molar-refractivity contribution in [3.8, 4) is 0 Å². The first-order chi connectivity index (χ1) is 8.21. The van der Waals surface area contributed by atoms with E-state index >= 15 is 0 Å². The van der Waals surface area contributed by atoms with Crippen LogP contribution < -0.4 is 5.73 Å². The van der Waals surface area contributed by atoms with Crippen molar-refractivity contribution in [3.05, 3.63) is 35.0 Å². The molecule has 1 aliphatic rings. The zero-order valence-corrected chi connectivity index (χ0v) is 10.6. The summed E-state index contributed by atoms with van der Waals surface area (Å²) in [4.78, 5) is 3.27. The van der Waals surface area contributed by atoms with Crippen molar-refractivity contribution >= 4 is 22.5 Å². The zero-order chi connectivity index (χ0) is 11.9. The topological polar surface area (TPSA) is 41.8 Å². The third-order valence-electron chi connectivity index (χ3n) is 3.95. The van der Waals surface area contributed by atoms with E-state index in [1.54, 1.807) is 0 Å². The minimum Gasteiger partial charge on any atom is -0.359 e. The van der Waals surface area contributed by atoms with Crippen LogP contribution in [0.25, 0.3) is 10.9 Å². The van der Waals surface area contributed by atoms with E-state index in [0.717, 1.165) is 28.8 Å². The molecule has 1 aliphatic carbocycles. The van der Waals surface area contributed by atoms with Gasteiger partial charge in [0.05, 0.1) is 10.5 Å². The van der Waals surface area contributed by atoms with Gasteiger partial charge in [-0.3, -0.25) is 0 Å². The number of nitrogens with one attached hydrogen (secondary N) is 1. The maximum Gasteiger partial charge on any atom is 0.0659 e. The van der Waals surface area contributed by atoms with Crippen LogP contribution in [-0.2, 0) is 5.54 Å². The van der Waals surface area contributed by atoms with Crippen molar-refractivity contribution < 1.29 is 0 Å². The SMILES string of the molecule is NC1(c2cccc3c(Cl)c[nH]c23)CCCCC1. The highest BCUT2D eigenvalue weighted by atomic mass is 35.5. The molecule has 2 nitrogen and oxygen atoms in total. The van der Waals surface area contributed by atoms with Crippen LogP contribution >= 0.6 is 11.6 Å². The van der Waals surface area contributed by atoms with Gasteiger partial charge in [-0.15, -0.1) is 0 Å². The maximum absolute atomic E-state index is 6.59. The van der Waals surface area contributed by atoms with Crippen LogP contribution in [0.4, 0.5) is 0 Å². The maximum atomic E-state index is 6.59. The van der Waals surface area contributed by atoms with E-state index in [4.69, 9.17) is 17.3 Å². The van der Waals surface area contributed by atoms with Crippen LogP contribution in [0.1, 0.15) is 37.7 Å². The van der Waals surface area contributed by atoms with Gasteiger partial charge in [-0.2, -0.15) is 0 Å². The summed E-state index contributed by atoms with van der Waals surface area (Å²) in [5, 5.41) is 1.86. The summed E-state index contributed by atoms with van der Waals surface area (Å²) in [6.45, 7) is 0. The van der Waals surface area contributed by atoms with Crippen molar-refractivity contribution in [1.82, 2.24) is 4.98 Å². The number of halogens is 1. The molecule has 1 heterocycles. The van der Waals surface area contributed by atoms with Crippen LogP contribution in [0.15, 0.2) is 24.4 Å². The first-order valence-corrected chi connectivity index (χ1v) is 6.63. The van der Waals surface area contributed by atoms with Crippen LogP contribution in [0, 0.1) is 0 Å². The summed E-state index contributed by atoms with van der Waals surface area (Å²) in [6.07, 6.45) is 7.75. The summed E-state index contributed by atoms with van der Waals surface area (Å²) < 4.78 is 0. The molecule has 1 aromatic heterocycles. The first kappa shape index (κ1) is 11.1. The number of aromatic nitrogens is 1. The fraction of sp³-hybridized carbons (Fsp3) is 0.429. The number of benzene rings is 1. The monoisotopic (exact) mass is 248 g/mol. The van der Waals surface area contributed by atoms with Crippen LogP contribution in [0.2, 0.25) is 5.02 Å². The molecule has 0 aliphatic heterocycles. The fourth-order valence-electron chi connectivity index (χ4n) is 2.99. The number of H-pyrrole nitrogens is 1. The number of hydrogen-bond donors (Lipinski definition) is 2. The molecule has 1 fully saturated rings. The van der Waals surface area contributed by atoms with Gasteiger partial charge in [0.1, 0.15) is 0 Å². The Balaban J connectivity index is 2.16. The minimum absolute atomic E-state index is 0.175. The van der Waals surface area contributed by atoms with Crippen LogP contribution in [-0.4, -0.2) is 4.98 Å². The van der Waals surface area contributed by atoms with Crippen molar-refractivity contribution in [2.24, 2.45) is 5.73 Å². The molecule has 3 N–H and O–H groups in total. The molecule has 90 valence electrons. The lowest BCUT2D eigenvalue weighted by atomic mass is 9.77. The number of fused-ring (bicyclic) bond motifs is 1. The lowest BCUT2D eigenvalue weighted by Gasteiger charge is -2.34. The Morgan fingerprint density at radius 2 is 1.94 bits per heavy atom. The van der Waals surface area contributed by atoms with Crippen molar-refractivity contribution in [2.45, 2.75) is 37.6 Å². The van der Waals surface area contributed by atoms with E-state index in [2.05, 4.69) is 17.1 Å². The Hall–Kier alpha value is -0.990. The molecular formula is C14H17ClN2. The number of hydrogen-bond acceptors (Lipinski definition) is 1. The van der Waals surface area contributed by atoms with E-state index < -0.39 is 0 Å². The zero-order valence-electron chi connectivity index (χ0n) is 9.80. The van der Waals surface area contributed by atoms with Gasteiger partial charge in [0.2, 0.25) is 0 Å². The van der Waals surface area contributed by atoms with Gasteiger partial charge in [-0.25, -0.2) is 0 Å². The molecule has 0 unspecified atom stereocenters. The molecule has 0 spiro atoms. The normalized spacial score (nSPS) is 19.6. The fourth-order valence-corrected chi connectivity index (χ4v) is 3.20. The highest BCUT2D eigenvalue weighted by molar-refractivity contribution is 6.35. The standard InChI is InChI=1S/C14H17ClN2/c15-12-9-17-13-10(12)5-4-6-11(13)14(16)7-2-1-3-8-14/h4-6,9,17H,1-3,7-8,16H2. The summed E-state index contributed by atoms with van der Waals surface area (Å²) in [5.41, 5.74) is 8.75. The van der Waals surface area contributed by atoms with Gasteiger partial charge in [0, 0.05) is 17.1 Å². The van der Waals surface area contributed by atoms with E-state index in [1.165, 1.54) is 24.8 Å². The molecule has 3 rings (SSSR count). The van der Waals surface area contributed by atoms with Crippen LogP contribution in [0.5, 0.6) is 0 Å². The molecule has 0 amide bonds. The largest absolute Gasteiger partial charge is 0.359 e. The van der Waals surface area contributed by atoms with Gasteiger partial charge in [0.25, 0.3) is 0 Å². The van der Waals surface area contributed by atoms with Crippen molar-refractivity contribution in [3.63, 3.8) is 0 Å². The Kier molecular flexibility index (Phi) is 2.64. The van der Waals surface area contributed by atoms with Crippen molar-refractivity contribution in [2.75, 3.05) is 0 Å². The second-order valence-electron chi connectivity index (χ2n) is 5.08. The molecule has 0 bridgehead atoms. The quantitative estimate of drug-likeness (QED) is 0.789. The molecule has 3 heteroatoms. The molecular weight excluding hydrogens is 232 g/mol. The summed E-state index contributed by atoms with van der Waals surface area (Å²) >= 11 is 6.16. The highest BCUT2D eigenvalue weighted by Gasteiger charge is 2.31. The second kappa shape index (κ2) is 4.04. The summed E-state index contributed by atoms with van der Waals surface area (Å²) in [7, 11) is 0. The minimum atomic E-state index is -0.175. The average molecular weight is 249 g/mol. The summed E-state index contributed by atoms with van der Waals surface area (Å²) in [6, 6.07) is 6.24. The number of para-hydroxylation sites is 1. The Morgan fingerprint density at radius 3 is 2.71 bits per heavy atom. The Labute approximate surface area is 106 Å². The molecule has 1 aromatic carbocycles. The molecule has 0 radical (unpaired) electrons. The van der Waals surface area contributed by atoms with Gasteiger partial charge in [-0.1, -0.05) is 49.1 Å². The van der Waals surface area contributed by atoms with Crippen LogP contribution in [0.3, 0.4) is 0 Å². The first-order valence-electron chi connectivity index (χ1n) is 6.26. The lowest BCUT2D eigenvalue weighted by Crippen LogP contribution is -2.38. The van der Waals surface area contributed by atoms with Gasteiger partial charge < -0.3 is 10.7 Å². The van der Waals surface area contributed by atoms with E-state index in [0.29, 0.717) is 0 Å². The summed E-state index contributed by atoms with van der Waals surface area (Å²) in [5.74, 6) is 0. The molecule has 0 saturated heterocycles. The predicted octanol–water partition coefficient (Wildman–Crippen LogP) is 3.94. The van der Waals surface area contributed by atoms with Gasteiger partial charge >= 0.3 is 0 Å². The molecule has 17 heavy (non-hydrogen) atoms. The molecule has 2 aromatic rings. The number of aromatic amines is 1. The van der Waals surface area contributed by atoms with E-state index in [1.807, 2.05) is 12.3 Å². The Morgan fingerprint density at radius 1 is 1.18 bits per heavy atom. The molecule has 0 atom stereocenters. The lowest BCUT2D eigenvalue weighted by molar-refractivity contribution is 0.304. The Bertz CT molecular complexity index is 538. The number of rotatable bonds is 1. The predicted molar refractivity (Wildman–Crippen MR) is 72.3 cm³/mol. The third kappa shape index (κ3) is 1.76. The number of nitrogens with two attached hydrogens (primary N) is 1. The van der Waals surface area contributed by atoms with Gasteiger partial charge in [0.15, 0.2) is 0 Å². The van der Waals surface area contributed by atoms with E-state index in [-0.39, 0.29) is 5.54 Å². The van der Waals surface area contributed by atoms with Crippen molar-refractivity contribution in [1.29, 1.82) is 0 Å². The second-order valence-corrected chi connectivity index (χ2v) is 5.49. The van der Waals surface area contributed by atoms with E-state index in [9.17, 15) is 0 Å². The third-order valence-corrected chi connectivity index (χ3v) is 4.26. The van der Waals surface area contributed by atoms with Gasteiger partial charge in [-0.05, 0) is 18.4 Å². The average Bonchev–Trinajstić information content (AvgIpc) is 2.72.